The molecular formula is C27H28N2O2. The minimum Gasteiger partial charge on any atom is -0.336 e. The maximum Gasteiger partial charge on any atom is 0.254 e. The average Bonchev–Trinajstić information content (AvgIpc) is 2.81. The highest BCUT2D eigenvalue weighted by Crippen LogP contribution is 2.19. The van der Waals surface area contributed by atoms with Gasteiger partial charge in [-0.05, 0) is 25.5 Å². The van der Waals surface area contributed by atoms with E-state index in [1.54, 1.807) is 12.1 Å². The average molecular weight is 413 g/mol. The van der Waals surface area contributed by atoms with Crippen molar-refractivity contribution in [2.24, 2.45) is 0 Å². The fourth-order valence-electron chi connectivity index (χ4n) is 3.96. The van der Waals surface area contributed by atoms with E-state index in [4.69, 9.17) is 0 Å². The quantitative estimate of drug-likeness (QED) is 0.580. The molecule has 0 atom stereocenters. The first kappa shape index (κ1) is 21.0. The van der Waals surface area contributed by atoms with Crippen LogP contribution in [0.15, 0.2) is 72.8 Å². The molecule has 3 aromatic carbocycles. The molecule has 0 aromatic heterocycles. The second-order valence-corrected chi connectivity index (χ2v) is 8.29. The van der Waals surface area contributed by atoms with Gasteiger partial charge in [0.05, 0.1) is 5.56 Å². The van der Waals surface area contributed by atoms with Gasteiger partial charge in [0.25, 0.3) is 5.91 Å². The van der Waals surface area contributed by atoms with Gasteiger partial charge in [-0.15, -0.1) is 0 Å². The van der Waals surface area contributed by atoms with E-state index in [9.17, 15) is 9.59 Å². The molecule has 0 radical (unpaired) electrons. The van der Waals surface area contributed by atoms with E-state index >= 15 is 0 Å². The highest BCUT2D eigenvalue weighted by atomic mass is 16.2. The Bertz CT molecular complexity index is 1060. The van der Waals surface area contributed by atoms with Crippen LogP contribution in [0.3, 0.4) is 0 Å². The molecule has 1 amide bonds. The molecule has 0 spiro atoms. The molecule has 1 aliphatic heterocycles. The molecule has 0 unspecified atom stereocenters. The molecule has 4 rings (SSSR count). The van der Waals surface area contributed by atoms with E-state index in [1.807, 2.05) is 48.2 Å². The minimum atomic E-state index is -0.109. The molecule has 4 nitrogen and oxygen atoms in total. The largest absolute Gasteiger partial charge is 0.336 e. The van der Waals surface area contributed by atoms with Crippen molar-refractivity contribution in [1.29, 1.82) is 0 Å². The van der Waals surface area contributed by atoms with Crippen LogP contribution in [0.25, 0.3) is 0 Å². The second kappa shape index (κ2) is 9.27. The van der Waals surface area contributed by atoms with Crippen molar-refractivity contribution in [1.82, 2.24) is 9.80 Å². The van der Waals surface area contributed by atoms with Crippen molar-refractivity contribution in [3.05, 3.63) is 106 Å². The van der Waals surface area contributed by atoms with Crippen LogP contribution >= 0.6 is 0 Å². The SMILES string of the molecule is Cc1ccc(CN2CCN(C(=O)c3ccccc3C(=O)c3ccc(C)cc3)CC2)cc1. The number of hydrogen-bond donors (Lipinski definition) is 0. The number of aryl methyl sites for hydroxylation is 2. The summed E-state index contributed by atoms with van der Waals surface area (Å²) in [4.78, 5) is 30.6. The molecule has 1 saturated heterocycles. The van der Waals surface area contributed by atoms with Crippen molar-refractivity contribution >= 4 is 11.7 Å². The number of nitrogens with zero attached hydrogens (tertiary/aromatic N) is 2. The predicted octanol–water partition coefficient (Wildman–Crippen LogP) is 4.49. The van der Waals surface area contributed by atoms with Crippen LogP contribution in [0.2, 0.25) is 0 Å². The summed E-state index contributed by atoms with van der Waals surface area (Å²) in [6, 6.07) is 23.3. The van der Waals surface area contributed by atoms with Crippen molar-refractivity contribution < 1.29 is 9.59 Å². The number of amides is 1. The zero-order valence-electron chi connectivity index (χ0n) is 18.2. The van der Waals surface area contributed by atoms with E-state index in [0.717, 1.165) is 25.2 Å². The molecule has 0 saturated carbocycles. The topological polar surface area (TPSA) is 40.6 Å². The number of rotatable bonds is 5. The van der Waals surface area contributed by atoms with E-state index in [0.29, 0.717) is 29.8 Å². The van der Waals surface area contributed by atoms with E-state index in [-0.39, 0.29) is 11.7 Å². The van der Waals surface area contributed by atoms with E-state index < -0.39 is 0 Å². The van der Waals surface area contributed by atoms with Crippen LogP contribution < -0.4 is 0 Å². The molecule has 0 bridgehead atoms. The number of piperazine rings is 1. The van der Waals surface area contributed by atoms with E-state index in [1.165, 1.54) is 11.1 Å². The number of carbonyl (C=O) groups is 2. The Labute approximate surface area is 184 Å². The number of carbonyl (C=O) groups excluding carboxylic acids is 2. The Balaban J connectivity index is 1.44. The third kappa shape index (κ3) is 4.92. The number of hydrogen-bond acceptors (Lipinski definition) is 3. The summed E-state index contributed by atoms with van der Waals surface area (Å²) in [6.07, 6.45) is 0. The molecule has 0 aliphatic carbocycles. The van der Waals surface area contributed by atoms with Crippen LogP contribution in [0, 0.1) is 13.8 Å². The summed E-state index contributed by atoms with van der Waals surface area (Å²) in [6.45, 7) is 7.96. The summed E-state index contributed by atoms with van der Waals surface area (Å²) in [5.74, 6) is -0.173. The first-order valence-electron chi connectivity index (χ1n) is 10.8. The Kier molecular flexibility index (Phi) is 6.28. The Morgan fingerprint density at radius 2 is 1.26 bits per heavy atom. The van der Waals surface area contributed by atoms with Gasteiger partial charge in [0, 0.05) is 43.9 Å². The molecular weight excluding hydrogens is 384 g/mol. The fourth-order valence-corrected chi connectivity index (χ4v) is 3.96. The normalized spacial score (nSPS) is 14.5. The third-order valence-electron chi connectivity index (χ3n) is 5.90. The summed E-state index contributed by atoms with van der Waals surface area (Å²) in [7, 11) is 0. The van der Waals surface area contributed by atoms with Gasteiger partial charge in [-0.25, -0.2) is 0 Å². The Morgan fingerprint density at radius 1 is 0.710 bits per heavy atom. The molecule has 158 valence electrons. The molecule has 31 heavy (non-hydrogen) atoms. The van der Waals surface area contributed by atoms with Crippen molar-refractivity contribution in [2.45, 2.75) is 20.4 Å². The van der Waals surface area contributed by atoms with Crippen molar-refractivity contribution in [2.75, 3.05) is 26.2 Å². The maximum absolute atomic E-state index is 13.3. The van der Waals surface area contributed by atoms with Crippen molar-refractivity contribution in [3.8, 4) is 0 Å². The van der Waals surface area contributed by atoms with Crippen LogP contribution in [0.1, 0.15) is 43.0 Å². The minimum absolute atomic E-state index is 0.0638. The number of ketones is 1. The van der Waals surface area contributed by atoms with Gasteiger partial charge >= 0.3 is 0 Å². The van der Waals surface area contributed by atoms with Crippen molar-refractivity contribution in [3.63, 3.8) is 0 Å². The number of benzene rings is 3. The molecule has 1 heterocycles. The van der Waals surface area contributed by atoms with Crippen LogP contribution in [-0.2, 0) is 6.54 Å². The smallest absolute Gasteiger partial charge is 0.254 e. The standard InChI is InChI=1S/C27H28N2O2/c1-20-7-11-22(12-8-20)19-28-15-17-29(18-16-28)27(31)25-6-4-3-5-24(25)26(30)23-13-9-21(2)10-14-23/h3-14H,15-19H2,1-2H3. The van der Waals surface area contributed by atoms with E-state index in [2.05, 4.69) is 36.1 Å². The molecule has 3 aromatic rings. The third-order valence-corrected chi connectivity index (χ3v) is 5.90. The summed E-state index contributed by atoms with van der Waals surface area (Å²) >= 11 is 0. The van der Waals surface area contributed by atoms with Gasteiger partial charge < -0.3 is 4.90 Å². The van der Waals surface area contributed by atoms with Gasteiger partial charge in [-0.3, -0.25) is 14.5 Å². The predicted molar refractivity (Wildman–Crippen MR) is 123 cm³/mol. The zero-order valence-corrected chi connectivity index (χ0v) is 18.2. The second-order valence-electron chi connectivity index (χ2n) is 8.29. The molecule has 4 heteroatoms. The van der Waals surface area contributed by atoms with Gasteiger partial charge in [-0.1, -0.05) is 77.9 Å². The lowest BCUT2D eigenvalue weighted by molar-refractivity contribution is 0.0625. The van der Waals surface area contributed by atoms with Gasteiger partial charge in [0.1, 0.15) is 0 Å². The molecule has 1 aliphatic rings. The Morgan fingerprint density at radius 3 is 1.87 bits per heavy atom. The fraction of sp³-hybridized carbons (Fsp3) is 0.259. The van der Waals surface area contributed by atoms with Gasteiger partial charge in [0.15, 0.2) is 5.78 Å². The lowest BCUT2D eigenvalue weighted by Crippen LogP contribution is -2.48. The lowest BCUT2D eigenvalue weighted by atomic mass is 9.97. The summed E-state index contributed by atoms with van der Waals surface area (Å²) in [5.41, 5.74) is 5.22. The van der Waals surface area contributed by atoms with Gasteiger partial charge in [-0.2, -0.15) is 0 Å². The highest BCUT2D eigenvalue weighted by Gasteiger charge is 2.25. The maximum atomic E-state index is 13.3. The summed E-state index contributed by atoms with van der Waals surface area (Å²) in [5, 5.41) is 0. The first-order valence-corrected chi connectivity index (χ1v) is 10.8. The monoisotopic (exact) mass is 412 g/mol. The van der Waals surface area contributed by atoms with Crippen LogP contribution in [0.4, 0.5) is 0 Å². The lowest BCUT2D eigenvalue weighted by Gasteiger charge is -2.35. The zero-order chi connectivity index (χ0) is 21.8. The molecule has 0 N–H and O–H groups in total. The van der Waals surface area contributed by atoms with Crippen LogP contribution in [-0.4, -0.2) is 47.7 Å². The Hall–Kier alpha value is -3.24. The van der Waals surface area contributed by atoms with Crippen LogP contribution in [0.5, 0.6) is 0 Å². The molecule has 1 fully saturated rings. The highest BCUT2D eigenvalue weighted by molar-refractivity contribution is 6.15. The van der Waals surface area contributed by atoms with Gasteiger partial charge in [0.2, 0.25) is 0 Å². The first-order chi connectivity index (χ1) is 15.0. The summed E-state index contributed by atoms with van der Waals surface area (Å²) < 4.78 is 0.